The molecule has 4 aromatic rings. The average molecular weight is 502 g/mol. The molecule has 0 atom stereocenters. The Balaban J connectivity index is 1.78. The third-order valence-electron chi connectivity index (χ3n) is 6.60. The highest BCUT2D eigenvalue weighted by atomic mass is 31.2. The van der Waals surface area contributed by atoms with Crippen molar-refractivity contribution in [3.63, 3.8) is 0 Å². The van der Waals surface area contributed by atoms with E-state index in [9.17, 15) is 0 Å². The van der Waals surface area contributed by atoms with E-state index in [1.807, 2.05) is 6.07 Å². The highest BCUT2D eigenvalue weighted by molar-refractivity contribution is 7.95. The van der Waals surface area contributed by atoms with Crippen molar-refractivity contribution in [1.29, 1.82) is 0 Å². The number of hydrogen-bond donors (Lipinski definition) is 0. The maximum Gasteiger partial charge on any atom is 0.207 e. The van der Waals surface area contributed by atoms with E-state index in [4.69, 9.17) is 18.9 Å². The van der Waals surface area contributed by atoms with E-state index >= 15 is 0 Å². The molecule has 0 aliphatic rings. The lowest BCUT2D eigenvalue weighted by molar-refractivity contribution is 0.303. The minimum atomic E-state index is -1.89. The average Bonchev–Trinajstić information content (AvgIpc) is 2.95. The Morgan fingerprint density at radius 3 is 1.36 bits per heavy atom. The summed E-state index contributed by atoms with van der Waals surface area (Å²) >= 11 is 0. The van der Waals surface area contributed by atoms with Gasteiger partial charge in [-0.1, -0.05) is 54.6 Å². The Labute approximate surface area is 215 Å². The van der Waals surface area contributed by atoms with Gasteiger partial charge >= 0.3 is 0 Å². The molecule has 0 aromatic heterocycles. The van der Waals surface area contributed by atoms with Crippen molar-refractivity contribution in [2.45, 2.75) is 12.8 Å². The molecular weight excluding hydrogens is 467 g/mol. The summed E-state index contributed by atoms with van der Waals surface area (Å²) in [6, 6.07) is 34.9. The summed E-state index contributed by atoms with van der Waals surface area (Å²) in [5.41, 5.74) is 1.04. The summed E-state index contributed by atoms with van der Waals surface area (Å²) in [4.78, 5) is 0. The molecule has 0 saturated heterocycles. The Hall–Kier alpha value is -3.49. The Kier molecular flexibility index (Phi) is 8.51. The molecule has 0 radical (unpaired) electrons. The molecule has 0 N–H and O–H groups in total. The van der Waals surface area contributed by atoms with Gasteiger partial charge in [-0.25, -0.2) is 0 Å². The fourth-order valence-corrected chi connectivity index (χ4v) is 9.32. The van der Waals surface area contributed by atoms with E-state index < -0.39 is 7.26 Å². The lowest BCUT2D eigenvalue weighted by Gasteiger charge is -2.28. The van der Waals surface area contributed by atoms with Crippen LogP contribution in [0.1, 0.15) is 12.0 Å². The zero-order valence-corrected chi connectivity index (χ0v) is 22.3. The molecule has 0 aliphatic heterocycles. The minimum absolute atomic E-state index is 0.542. The van der Waals surface area contributed by atoms with Gasteiger partial charge in [0.2, 0.25) is 11.5 Å². The lowest BCUT2D eigenvalue weighted by Crippen LogP contribution is -2.33. The molecule has 4 aromatic carbocycles. The maximum absolute atomic E-state index is 5.79. The van der Waals surface area contributed by atoms with Crippen LogP contribution in [0.3, 0.4) is 0 Å². The first kappa shape index (κ1) is 25.6. The van der Waals surface area contributed by atoms with Crippen LogP contribution >= 0.6 is 7.26 Å². The van der Waals surface area contributed by atoms with Crippen LogP contribution in [0, 0.1) is 0 Å². The summed E-state index contributed by atoms with van der Waals surface area (Å²) in [5.74, 6) is 2.43. The molecule has 0 bridgehead atoms. The molecule has 0 saturated carbocycles. The third kappa shape index (κ3) is 4.92. The monoisotopic (exact) mass is 501 g/mol. The van der Waals surface area contributed by atoms with Crippen molar-refractivity contribution in [3.8, 4) is 23.0 Å². The predicted octanol–water partition coefficient (Wildman–Crippen LogP) is 5.65. The van der Waals surface area contributed by atoms with Crippen LogP contribution in [0.25, 0.3) is 0 Å². The second-order valence-corrected chi connectivity index (χ2v) is 12.1. The molecule has 0 fully saturated rings. The topological polar surface area (TPSA) is 36.9 Å². The van der Waals surface area contributed by atoms with Gasteiger partial charge in [-0.15, -0.1) is 0 Å². The van der Waals surface area contributed by atoms with Gasteiger partial charge in [-0.3, -0.25) is 0 Å². The molecule has 5 heteroatoms. The van der Waals surface area contributed by atoms with Gasteiger partial charge in [0.1, 0.15) is 23.2 Å². The van der Waals surface area contributed by atoms with Gasteiger partial charge in [0.05, 0.1) is 34.6 Å². The van der Waals surface area contributed by atoms with Crippen LogP contribution in [0.2, 0.25) is 0 Å². The quantitative estimate of drug-likeness (QED) is 0.249. The molecule has 0 unspecified atom stereocenters. The van der Waals surface area contributed by atoms with E-state index in [2.05, 4.69) is 91.0 Å². The van der Waals surface area contributed by atoms with Gasteiger partial charge in [0, 0.05) is 5.56 Å². The number of hydrogen-bond acceptors (Lipinski definition) is 4. The van der Waals surface area contributed by atoms with Gasteiger partial charge in [0.25, 0.3) is 0 Å². The summed E-state index contributed by atoms with van der Waals surface area (Å²) in [7, 11) is 4.65. The standard InChI is InChI=1S/C31H34O4P/c1-32-28-23-24(29(33-2)31(35-4)30(28)34-3)15-14-22-36(25-16-8-5-9-17-25,26-18-10-6-11-19-26)27-20-12-7-13-21-27/h5-13,16-21,23H,14-15,22H2,1-4H3/q+1. The van der Waals surface area contributed by atoms with E-state index in [0.717, 1.165) is 24.6 Å². The molecular formula is C31H34O4P+. The first-order valence-electron chi connectivity index (χ1n) is 12.1. The second-order valence-electron chi connectivity index (χ2n) is 8.48. The Morgan fingerprint density at radius 1 is 0.528 bits per heavy atom. The van der Waals surface area contributed by atoms with E-state index in [0.29, 0.717) is 23.0 Å². The van der Waals surface area contributed by atoms with Crippen molar-refractivity contribution in [1.82, 2.24) is 0 Å². The van der Waals surface area contributed by atoms with E-state index in [1.165, 1.54) is 15.9 Å². The maximum atomic E-state index is 5.79. The van der Waals surface area contributed by atoms with E-state index in [-0.39, 0.29) is 0 Å². The van der Waals surface area contributed by atoms with Crippen LogP contribution < -0.4 is 34.9 Å². The van der Waals surface area contributed by atoms with Crippen molar-refractivity contribution in [2.75, 3.05) is 34.6 Å². The summed E-state index contributed by atoms with van der Waals surface area (Å²) in [5, 5.41) is 4.16. The summed E-state index contributed by atoms with van der Waals surface area (Å²) in [6.07, 6.45) is 2.79. The fraction of sp³-hybridized carbons (Fsp3) is 0.226. The zero-order chi connectivity index (χ0) is 25.4. The molecule has 4 nitrogen and oxygen atoms in total. The smallest absolute Gasteiger partial charge is 0.207 e. The number of ether oxygens (including phenoxy) is 4. The number of rotatable bonds is 11. The van der Waals surface area contributed by atoms with Crippen LogP contribution in [0.4, 0.5) is 0 Å². The van der Waals surface area contributed by atoms with Gasteiger partial charge in [-0.05, 0) is 55.3 Å². The van der Waals surface area contributed by atoms with Gasteiger partial charge in [0.15, 0.2) is 11.5 Å². The first-order chi connectivity index (χ1) is 17.7. The third-order valence-corrected chi connectivity index (χ3v) is 11.1. The summed E-state index contributed by atoms with van der Waals surface area (Å²) < 4.78 is 22.7. The molecule has 0 heterocycles. The van der Waals surface area contributed by atoms with Gasteiger partial charge in [-0.2, -0.15) is 0 Å². The lowest BCUT2D eigenvalue weighted by atomic mass is 10.1. The molecule has 36 heavy (non-hydrogen) atoms. The largest absolute Gasteiger partial charge is 0.493 e. The van der Waals surface area contributed by atoms with Crippen LogP contribution in [0.15, 0.2) is 97.1 Å². The molecule has 4 rings (SSSR count). The normalized spacial score (nSPS) is 11.1. The van der Waals surface area contributed by atoms with Crippen LogP contribution in [-0.2, 0) is 6.42 Å². The molecule has 0 aliphatic carbocycles. The molecule has 186 valence electrons. The predicted molar refractivity (Wildman–Crippen MR) is 151 cm³/mol. The van der Waals surface area contributed by atoms with Crippen molar-refractivity contribution < 1.29 is 18.9 Å². The van der Waals surface area contributed by atoms with Crippen LogP contribution in [-0.4, -0.2) is 34.6 Å². The highest BCUT2D eigenvalue weighted by Gasteiger charge is 2.44. The van der Waals surface area contributed by atoms with Gasteiger partial charge < -0.3 is 18.9 Å². The zero-order valence-electron chi connectivity index (χ0n) is 21.4. The fourth-order valence-electron chi connectivity index (χ4n) is 4.98. The molecule has 0 amide bonds. The SMILES string of the molecule is COc1cc(CCC[P+](c2ccccc2)(c2ccccc2)c2ccccc2)c(OC)c(OC)c1OC. The Bertz CT molecular complexity index is 1150. The molecule has 0 spiro atoms. The Morgan fingerprint density at radius 2 is 0.972 bits per heavy atom. The van der Waals surface area contributed by atoms with Crippen LogP contribution in [0.5, 0.6) is 23.0 Å². The van der Waals surface area contributed by atoms with E-state index in [1.54, 1.807) is 28.4 Å². The first-order valence-corrected chi connectivity index (χ1v) is 14.1. The number of aryl methyl sites for hydroxylation is 1. The second kappa shape index (κ2) is 12.0. The summed E-state index contributed by atoms with van der Waals surface area (Å²) in [6.45, 7) is 0. The number of benzene rings is 4. The number of methoxy groups -OCH3 is 4. The van der Waals surface area contributed by atoms with Crippen molar-refractivity contribution in [2.24, 2.45) is 0 Å². The highest BCUT2D eigenvalue weighted by Crippen LogP contribution is 2.56. The van der Waals surface area contributed by atoms with Crippen molar-refractivity contribution >= 4 is 23.2 Å². The minimum Gasteiger partial charge on any atom is -0.493 e. The van der Waals surface area contributed by atoms with Crippen molar-refractivity contribution in [3.05, 3.63) is 103 Å².